The van der Waals surface area contributed by atoms with Gasteiger partial charge in [-0.2, -0.15) is 4.72 Å². The number of nitrogens with one attached hydrogen (secondary N) is 2. The maximum atomic E-state index is 12.6. The van der Waals surface area contributed by atoms with E-state index >= 15 is 0 Å². The lowest BCUT2D eigenvalue weighted by molar-refractivity contribution is 0.102. The Kier molecular flexibility index (Phi) is 5.79. The minimum absolute atomic E-state index is 0.0618. The molecular weight excluding hydrogens is 362 g/mol. The summed E-state index contributed by atoms with van der Waals surface area (Å²) in [6, 6.07) is 13.4. The third-order valence-corrected chi connectivity index (χ3v) is 5.81. The number of rotatable bonds is 6. The van der Waals surface area contributed by atoms with Crippen molar-refractivity contribution in [1.82, 2.24) is 4.72 Å². The van der Waals surface area contributed by atoms with Crippen molar-refractivity contribution in [2.45, 2.75) is 17.7 Å². The standard InChI is InChI=1S/C20H21N3O3S/c1-2-13-21-27(25,26)17-11-9-16(10-12-17)20(24)22-18-7-3-4-8-19(18)23-14-5-6-15-23/h1,3-4,7-12,21H,5-6,13-15H2,(H,22,24). The van der Waals surface area contributed by atoms with E-state index in [2.05, 4.69) is 20.9 Å². The fraction of sp³-hybridized carbons (Fsp3) is 0.250. The first-order chi connectivity index (χ1) is 13.0. The molecule has 0 saturated carbocycles. The molecule has 2 aromatic carbocycles. The zero-order valence-electron chi connectivity index (χ0n) is 14.8. The van der Waals surface area contributed by atoms with Crippen LogP contribution in [0.15, 0.2) is 53.4 Å². The van der Waals surface area contributed by atoms with Gasteiger partial charge in [-0.3, -0.25) is 4.79 Å². The Morgan fingerprint density at radius 3 is 2.41 bits per heavy atom. The van der Waals surface area contributed by atoms with E-state index in [1.54, 1.807) is 0 Å². The highest BCUT2D eigenvalue weighted by Gasteiger charge is 2.18. The van der Waals surface area contributed by atoms with Crippen LogP contribution in [0.25, 0.3) is 0 Å². The molecular formula is C20H21N3O3S. The number of terminal acetylenes is 1. The van der Waals surface area contributed by atoms with Crippen LogP contribution in [0.4, 0.5) is 11.4 Å². The Labute approximate surface area is 159 Å². The predicted molar refractivity (Wildman–Crippen MR) is 106 cm³/mol. The van der Waals surface area contributed by atoms with E-state index < -0.39 is 10.0 Å². The molecule has 0 bridgehead atoms. The molecule has 3 rings (SSSR count). The number of hydrogen-bond acceptors (Lipinski definition) is 4. The fourth-order valence-corrected chi connectivity index (χ4v) is 3.95. The molecule has 0 spiro atoms. The highest BCUT2D eigenvalue weighted by Crippen LogP contribution is 2.29. The van der Waals surface area contributed by atoms with E-state index in [9.17, 15) is 13.2 Å². The van der Waals surface area contributed by atoms with Gasteiger partial charge in [-0.1, -0.05) is 18.1 Å². The smallest absolute Gasteiger partial charge is 0.255 e. The van der Waals surface area contributed by atoms with Crippen molar-refractivity contribution in [2.75, 3.05) is 29.9 Å². The summed E-state index contributed by atoms with van der Waals surface area (Å²) in [5.74, 6) is 1.93. The number of benzene rings is 2. The lowest BCUT2D eigenvalue weighted by atomic mass is 10.2. The Morgan fingerprint density at radius 1 is 1.07 bits per heavy atom. The minimum Gasteiger partial charge on any atom is -0.370 e. The number of amides is 1. The average Bonchev–Trinajstić information content (AvgIpc) is 3.21. The molecule has 1 amide bonds. The number of sulfonamides is 1. The quantitative estimate of drug-likeness (QED) is 0.751. The molecule has 0 atom stereocenters. The topological polar surface area (TPSA) is 78.5 Å². The van der Waals surface area contributed by atoms with Crippen molar-refractivity contribution >= 4 is 27.3 Å². The van der Waals surface area contributed by atoms with Crippen LogP contribution in [0.1, 0.15) is 23.2 Å². The molecule has 1 aliphatic rings. The number of nitrogens with zero attached hydrogens (tertiary/aromatic N) is 1. The van der Waals surface area contributed by atoms with Crippen LogP contribution in [0, 0.1) is 12.3 Å². The summed E-state index contributed by atoms with van der Waals surface area (Å²) in [7, 11) is -3.67. The van der Waals surface area contributed by atoms with E-state index in [1.165, 1.54) is 24.3 Å². The Morgan fingerprint density at radius 2 is 1.74 bits per heavy atom. The Bertz CT molecular complexity index is 957. The first-order valence-corrected chi connectivity index (χ1v) is 10.2. The predicted octanol–water partition coefficient (Wildman–Crippen LogP) is 2.45. The molecule has 7 heteroatoms. The van der Waals surface area contributed by atoms with Crippen molar-refractivity contribution < 1.29 is 13.2 Å². The van der Waals surface area contributed by atoms with E-state index in [0.29, 0.717) is 5.56 Å². The molecule has 0 aliphatic carbocycles. The highest BCUT2D eigenvalue weighted by molar-refractivity contribution is 7.89. The molecule has 2 aromatic rings. The molecule has 0 aromatic heterocycles. The number of carbonyl (C=O) groups is 1. The Hall–Kier alpha value is -2.82. The van der Waals surface area contributed by atoms with Gasteiger partial charge in [-0.25, -0.2) is 8.42 Å². The van der Waals surface area contributed by atoms with Crippen molar-refractivity contribution in [1.29, 1.82) is 0 Å². The molecule has 1 aliphatic heterocycles. The first-order valence-electron chi connectivity index (χ1n) is 8.70. The second-order valence-corrected chi connectivity index (χ2v) is 7.99. The van der Waals surface area contributed by atoms with Gasteiger partial charge in [0, 0.05) is 18.7 Å². The molecule has 1 fully saturated rings. The van der Waals surface area contributed by atoms with Crippen LogP contribution in [0.2, 0.25) is 0 Å². The number of hydrogen-bond donors (Lipinski definition) is 2. The van der Waals surface area contributed by atoms with Crippen molar-refractivity contribution in [2.24, 2.45) is 0 Å². The van der Waals surface area contributed by atoms with Gasteiger partial charge in [-0.05, 0) is 49.2 Å². The van der Waals surface area contributed by atoms with Crippen molar-refractivity contribution in [3.63, 3.8) is 0 Å². The summed E-state index contributed by atoms with van der Waals surface area (Å²) < 4.78 is 26.4. The third kappa shape index (κ3) is 4.48. The average molecular weight is 383 g/mol. The number of para-hydroxylation sites is 2. The monoisotopic (exact) mass is 383 g/mol. The molecule has 0 radical (unpaired) electrons. The number of carbonyl (C=O) groups excluding carboxylic acids is 1. The van der Waals surface area contributed by atoms with E-state index in [-0.39, 0.29) is 17.3 Å². The van der Waals surface area contributed by atoms with Crippen LogP contribution in [0.3, 0.4) is 0 Å². The lowest BCUT2D eigenvalue weighted by Gasteiger charge is -2.21. The zero-order chi connectivity index (χ0) is 19.3. The highest BCUT2D eigenvalue weighted by atomic mass is 32.2. The van der Waals surface area contributed by atoms with Gasteiger partial charge in [0.25, 0.3) is 5.91 Å². The summed E-state index contributed by atoms with van der Waals surface area (Å²) in [6.45, 7) is 1.87. The van der Waals surface area contributed by atoms with Crippen molar-refractivity contribution in [3.8, 4) is 12.3 Å². The minimum atomic E-state index is -3.67. The summed E-state index contributed by atoms with van der Waals surface area (Å²) >= 11 is 0. The van der Waals surface area contributed by atoms with Gasteiger partial charge in [0.05, 0.1) is 22.8 Å². The molecule has 27 heavy (non-hydrogen) atoms. The lowest BCUT2D eigenvalue weighted by Crippen LogP contribution is -2.24. The summed E-state index contributed by atoms with van der Waals surface area (Å²) in [5, 5.41) is 2.92. The molecule has 1 heterocycles. The van der Waals surface area contributed by atoms with Crippen LogP contribution in [-0.4, -0.2) is 34.0 Å². The summed E-state index contributed by atoms with van der Waals surface area (Å²) in [5.41, 5.74) is 2.12. The third-order valence-electron chi connectivity index (χ3n) is 4.39. The second-order valence-electron chi connectivity index (χ2n) is 6.22. The SMILES string of the molecule is C#CCNS(=O)(=O)c1ccc(C(=O)Nc2ccccc2N2CCCC2)cc1. The maximum absolute atomic E-state index is 12.6. The normalized spacial score (nSPS) is 14.0. The summed E-state index contributed by atoms with van der Waals surface area (Å²) in [4.78, 5) is 14.9. The van der Waals surface area contributed by atoms with E-state index in [1.807, 2.05) is 24.3 Å². The van der Waals surface area contributed by atoms with Gasteiger partial charge in [0.15, 0.2) is 0 Å². The van der Waals surface area contributed by atoms with E-state index in [4.69, 9.17) is 6.42 Å². The van der Waals surface area contributed by atoms with Crippen LogP contribution >= 0.6 is 0 Å². The van der Waals surface area contributed by atoms with E-state index in [0.717, 1.165) is 37.3 Å². The van der Waals surface area contributed by atoms with Crippen LogP contribution in [0.5, 0.6) is 0 Å². The van der Waals surface area contributed by atoms with Gasteiger partial charge in [0.1, 0.15) is 0 Å². The van der Waals surface area contributed by atoms with Gasteiger partial charge in [0.2, 0.25) is 10.0 Å². The van der Waals surface area contributed by atoms with Crippen LogP contribution in [-0.2, 0) is 10.0 Å². The van der Waals surface area contributed by atoms with Gasteiger partial charge >= 0.3 is 0 Å². The molecule has 0 unspecified atom stereocenters. The van der Waals surface area contributed by atoms with Gasteiger partial charge in [-0.15, -0.1) is 6.42 Å². The first kappa shape index (κ1) is 19.0. The van der Waals surface area contributed by atoms with Crippen LogP contribution < -0.4 is 14.9 Å². The largest absolute Gasteiger partial charge is 0.370 e. The fourth-order valence-electron chi connectivity index (χ4n) is 3.01. The maximum Gasteiger partial charge on any atom is 0.255 e. The van der Waals surface area contributed by atoms with Gasteiger partial charge < -0.3 is 10.2 Å². The molecule has 140 valence electrons. The molecule has 2 N–H and O–H groups in total. The Balaban J connectivity index is 1.75. The number of anilines is 2. The second kappa shape index (κ2) is 8.25. The van der Waals surface area contributed by atoms with Crippen molar-refractivity contribution in [3.05, 3.63) is 54.1 Å². The summed E-state index contributed by atoms with van der Waals surface area (Å²) in [6.07, 6.45) is 7.36. The molecule has 1 saturated heterocycles. The zero-order valence-corrected chi connectivity index (χ0v) is 15.6. The molecule has 6 nitrogen and oxygen atoms in total.